The van der Waals surface area contributed by atoms with Gasteiger partial charge in [0.25, 0.3) is 5.91 Å². The molecule has 3 heterocycles. The number of rotatable bonds is 4. The SMILES string of the molecule is Cc1cc(C(=O)N2CCCC[C@@H]2c2nnc(CN(C)C)o2)c(C)o1. The van der Waals surface area contributed by atoms with E-state index in [1.807, 2.05) is 37.7 Å². The summed E-state index contributed by atoms with van der Waals surface area (Å²) in [6.45, 7) is 4.95. The lowest BCUT2D eigenvalue weighted by atomic mass is 10.0. The zero-order valence-corrected chi connectivity index (χ0v) is 14.7. The maximum atomic E-state index is 13.0. The number of aromatic nitrogens is 2. The fourth-order valence-corrected chi connectivity index (χ4v) is 3.16. The number of hydrogen-bond acceptors (Lipinski definition) is 6. The number of nitrogens with zero attached hydrogens (tertiary/aromatic N) is 4. The summed E-state index contributed by atoms with van der Waals surface area (Å²) in [6, 6.07) is 1.64. The summed E-state index contributed by atoms with van der Waals surface area (Å²) in [5, 5.41) is 8.29. The second-order valence-corrected chi connectivity index (χ2v) is 6.61. The molecule has 7 heteroatoms. The third-order valence-corrected chi connectivity index (χ3v) is 4.25. The third-order valence-electron chi connectivity index (χ3n) is 4.25. The zero-order chi connectivity index (χ0) is 17.3. The van der Waals surface area contributed by atoms with Crippen LogP contribution in [-0.4, -0.2) is 46.5 Å². The molecule has 0 saturated carbocycles. The average molecular weight is 332 g/mol. The molecule has 1 aliphatic rings. The molecular formula is C17H24N4O3. The van der Waals surface area contributed by atoms with Gasteiger partial charge >= 0.3 is 0 Å². The number of furan rings is 1. The summed E-state index contributed by atoms with van der Waals surface area (Å²) in [7, 11) is 3.90. The highest BCUT2D eigenvalue weighted by atomic mass is 16.4. The van der Waals surface area contributed by atoms with E-state index in [0.717, 1.165) is 25.0 Å². The van der Waals surface area contributed by atoms with Gasteiger partial charge in [-0.1, -0.05) is 0 Å². The molecule has 0 bridgehead atoms. The molecule has 1 aliphatic heterocycles. The average Bonchev–Trinajstić information content (AvgIpc) is 3.12. The Bertz CT molecular complexity index is 719. The minimum atomic E-state index is -0.163. The quantitative estimate of drug-likeness (QED) is 0.857. The molecule has 1 fully saturated rings. The fourth-order valence-electron chi connectivity index (χ4n) is 3.16. The predicted octanol–water partition coefficient (Wildman–Crippen LogP) is 2.71. The van der Waals surface area contributed by atoms with Crippen LogP contribution in [0, 0.1) is 13.8 Å². The lowest BCUT2D eigenvalue weighted by Gasteiger charge is -2.33. The van der Waals surface area contributed by atoms with Gasteiger partial charge in [0.15, 0.2) is 0 Å². The maximum Gasteiger partial charge on any atom is 0.258 e. The van der Waals surface area contributed by atoms with Crippen molar-refractivity contribution in [3.63, 3.8) is 0 Å². The monoisotopic (exact) mass is 332 g/mol. The van der Waals surface area contributed by atoms with Crippen molar-refractivity contribution in [1.82, 2.24) is 20.0 Å². The molecule has 7 nitrogen and oxygen atoms in total. The molecule has 2 aromatic rings. The molecule has 0 aromatic carbocycles. The van der Waals surface area contributed by atoms with Crippen molar-refractivity contribution in [2.24, 2.45) is 0 Å². The molecule has 2 aromatic heterocycles. The van der Waals surface area contributed by atoms with E-state index in [2.05, 4.69) is 10.2 Å². The van der Waals surface area contributed by atoms with Gasteiger partial charge in [0.05, 0.1) is 12.1 Å². The van der Waals surface area contributed by atoms with Crippen molar-refractivity contribution in [2.75, 3.05) is 20.6 Å². The first-order chi connectivity index (χ1) is 11.5. The lowest BCUT2D eigenvalue weighted by molar-refractivity contribution is 0.0566. The van der Waals surface area contributed by atoms with Crippen LogP contribution in [0.2, 0.25) is 0 Å². The number of aryl methyl sites for hydroxylation is 2. The summed E-state index contributed by atoms with van der Waals surface area (Å²) in [6.07, 6.45) is 2.87. The van der Waals surface area contributed by atoms with E-state index in [1.165, 1.54) is 0 Å². The second-order valence-electron chi connectivity index (χ2n) is 6.61. The highest BCUT2D eigenvalue weighted by Crippen LogP contribution is 2.32. The van der Waals surface area contributed by atoms with E-state index in [0.29, 0.717) is 36.2 Å². The van der Waals surface area contributed by atoms with Crippen molar-refractivity contribution in [3.8, 4) is 0 Å². The van der Waals surface area contributed by atoms with E-state index in [4.69, 9.17) is 8.83 Å². The molecule has 0 N–H and O–H groups in total. The molecule has 130 valence electrons. The first-order valence-electron chi connectivity index (χ1n) is 8.30. The van der Waals surface area contributed by atoms with Crippen molar-refractivity contribution in [1.29, 1.82) is 0 Å². The molecule has 1 amide bonds. The molecule has 24 heavy (non-hydrogen) atoms. The first kappa shape index (κ1) is 16.7. The number of likely N-dealkylation sites (tertiary alicyclic amines) is 1. The summed E-state index contributed by atoms with van der Waals surface area (Å²) in [5.41, 5.74) is 0.618. The molecule has 1 saturated heterocycles. The molecule has 3 rings (SSSR count). The Kier molecular flexibility index (Phi) is 4.71. The van der Waals surface area contributed by atoms with Gasteiger partial charge < -0.3 is 18.6 Å². The number of piperidine rings is 1. The Morgan fingerprint density at radius 1 is 1.29 bits per heavy atom. The zero-order valence-electron chi connectivity index (χ0n) is 14.7. The third kappa shape index (κ3) is 3.36. The van der Waals surface area contributed by atoms with Crippen molar-refractivity contribution in [3.05, 3.63) is 34.9 Å². The van der Waals surface area contributed by atoms with E-state index >= 15 is 0 Å². The smallest absolute Gasteiger partial charge is 0.258 e. The number of hydrogen-bond donors (Lipinski definition) is 0. The van der Waals surface area contributed by atoms with Gasteiger partial charge in [-0.2, -0.15) is 0 Å². The highest BCUT2D eigenvalue weighted by Gasteiger charge is 2.33. The number of amides is 1. The maximum absolute atomic E-state index is 13.0. The summed E-state index contributed by atoms with van der Waals surface area (Å²) in [4.78, 5) is 16.8. The Labute approximate surface area is 141 Å². The largest absolute Gasteiger partial charge is 0.466 e. The second kappa shape index (κ2) is 6.76. The Morgan fingerprint density at radius 2 is 2.08 bits per heavy atom. The minimum absolute atomic E-state index is 0.0265. The van der Waals surface area contributed by atoms with E-state index in [-0.39, 0.29) is 11.9 Å². The lowest BCUT2D eigenvalue weighted by Crippen LogP contribution is -2.38. The van der Waals surface area contributed by atoms with Crippen LogP contribution in [0.15, 0.2) is 14.9 Å². The van der Waals surface area contributed by atoms with Crippen LogP contribution in [0.25, 0.3) is 0 Å². The van der Waals surface area contributed by atoms with Gasteiger partial charge in [-0.05, 0) is 53.3 Å². The van der Waals surface area contributed by atoms with E-state index in [9.17, 15) is 4.79 Å². The van der Waals surface area contributed by atoms with Crippen molar-refractivity contribution >= 4 is 5.91 Å². The highest BCUT2D eigenvalue weighted by molar-refractivity contribution is 5.95. The number of carbonyl (C=O) groups is 1. The molecule has 0 spiro atoms. The topological polar surface area (TPSA) is 75.6 Å². The fraction of sp³-hybridized carbons (Fsp3) is 0.588. The molecule has 0 unspecified atom stereocenters. The standard InChI is InChI=1S/C17H24N4O3/c1-11-9-13(12(2)23-11)17(22)21-8-6-5-7-14(21)16-19-18-15(24-16)10-20(3)4/h9,14H,5-8,10H2,1-4H3/t14-/m1/s1. The van der Waals surface area contributed by atoms with Gasteiger partial charge in [-0.25, -0.2) is 0 Å². The number of carbonyl (C=O) groups excluding carboxylic acids is 1. The van der Waals surface area contributed by atoms with Crippen molar-refractivity contribution in [2.45, 2.75) is 45.7 Å². The van der Waals surface area contributed by atoms with Crippen LogP contribution in [0.5, 0.6) is 0 Å². The molecule has 0 aliphatic carbocycles. The van der Waals surface area contributed by atoms with Crippen LogP contribution < -0.4 is 0 Å². The normalized spacial score (nSPS) is 18.4. The van der Waals surface area contributed by atoms with Crippen LogP contribution in [0.3, 0.4) is 0 Å². The summed E-state index contributed by atoms with van der Waals surface area (Å²) < 4.78 is 11.3. The molecule has 0 radical (unpaired) electrons. The minimum Gasteiger partial charge on any atom is -0.466 e. The Hall–Kier alpha value is -2.15. The summed E-state index contributed by atoms with van der Waals surface area (Å²) in [5.74, 6) is 2.47. The van der Waals surface area contributed by atoms with Crippen LogP contribution in [-0.2, 0) is 6.54 Å². The first-order valence-corrected chi connectivity index (χ1v) is 8.30. The molecule has 1 atom stereocenters. The van der Waals surface area contributed by atoms with Gasteiger partial charge in [-0.15, -0.1) is 10.2 Å². The predicted molar refractivity (Wildman–Crippen MR) is 87.5 cm³/mol. The van der Waals surface area contributed by atoms with Crippen LogP contribution >= 0.6 is 0 Å². The molecular weight excluding hydrogens is 308 g/mol. The van der Waals surface area contributed by atoms with Crippen LogP contribution in [0.4, 0.5) is 0 Å². The Balaban J connectivity index is 1.84. The van der Waals surface area contributed by atoms with Crippen molar-refractivity contribution < 1.29 is 13.6 Å². The van der Waals surface area contributed by atoms with E-state index < -0.39 is 0 Å². The Morgan fingerprint density at radius 3 is 2.75 bits per heavy atom. The van der Waals surface area contributed by atoms with Gasteiger partial charge in [0.2, 0.25) is 11.8 Å². The van der Waals surface area contributed by atoms with Crippen LogP contribution in [0.1, 0.15) is 59.0 Å². The summed E-state index contributed by atoms with van der Waals surface area (Å²) >= 11 is 0. The van der Waals surface area contributed by atoms with Gasteiger partial charge in [-0.3, -0.25) is 4.79 Å². The van der Waals surface area contributed by atoms with Gasteiger partial charge in [0, 0.05) is 6.54 Å². The van der Waals surface area contributed by atoms with E-state index in [1.54, 1.807) is 6.07 Å². The van der Waals surface area contributed by atoms with Gasteiger partial charge in [0.1, 0.15) is 17.6 Å².